The molecule has 0 saturated heterocycles. The third-order valence-corrected chi connectivity index (χ3v) is 3.99. The second kappa shape index (κ2) is 5.55. The molecule has 1 aromatic carbocycles. The molecule has 0 aliphatic carbocycles. The summed E-state index contributed by atoms with van der Waals surface area (Å²) in [6.07, 6.45) is 4.70. The lowest BCUT2D eigenvalue weighted by Crippen LogP contribution is -2.28. The van der Waals surface area contributed by atoms with Gasteiger partial charge in [-0.25, -0.2) is 26.9 Å². The number of rotatable bonds is 5. The van der Waals surface area contributed by atoms with Crippen molar-refractivity contribution in [2.45, 2.75) is 11.4 Å². The Morgan fingerprint density at radius 1 is 1.35 bits per heavy atom. The van der Waals surface area contributed by atoms with Crippen molar-refractivity contribution < 1.29 is 17.2 Å². The van der Waals surface area contributed by atoms with E-state index in [1.54, 1.807) is 17.0 Å². The first kappa shape index (κ1) is 14.4. The molecule has 0 radical (unpaired) electrons. The zero-order valence-corrected chi connectivity index (χ0v) is 11.1. The van der Waals surface area contributed by atoms with Crippen LogP contribution in [0.15, 0.2) is 35.7 Å². The highest BCUT2D eigenvalue weighted by atomic mass is 32.2. The van der Waals surface area contributed by atoms with Crippen molar-refractivity contribution in [3.63, 3.8) is 0 Å². The Hall–Kier alpha value is -2.00. The quantitative estimate of drug-likeness (QED) is 0.796. The highest BCUT2D eigenvalue weighted by Crippen LogP contribution is 2.20. The summed E-state index contributed by atoms with van der Waals surface area (Å²) in [5.74, 6) is -2.76. The van der Waals surface area contributed by atoms with Crippen LogP contribution in [0, 0.1) is 11.6 Å². The molecule has 20 heavy (non-hydrogen) atoms. The molecule has 1 aromatic heterocycles. The van der Waals surface area contributed by atoms with E-state index in [2.05, 4.69) is 9.71 Å². The monoisotopic (exact) mass is 302 g/mol. The number of sulfonamides is 1. The lowest BCUT2D eigenvalue weighted by molar-refractivity contribution is 0.483. The van der Waals surface area contributed by atoms with E-state index in [0.717, 1.165) is 12.1 Å². The van der Waals surface area contributed by atoms with Gasteiger partial charge in [0.15, 0.2) is 11.6 Å². The molecule has 2 aromatic rings. The van der Waals surface area contributed by atoms with Crippen LogP contribution in [0.25, 0.3) is 0 Å². The van der Waals surface area contributed by atoms with Gasteiger partial charge in [0.05, 0.1) is 6.33 Å². The molecule has 3 N–H and O–H groups in total. The minimum absolute atomic E-state index is 0.00848. The van der Waals surface area contributed by atoms with Crippen molar-refractivity contribution in [1.82, 2.24) is 14.3 Å². The second-order valence-corrected chi connectivity index (χ2v) is 5.75. The maximum atomic E-state index is 13.5. The van der Waals surface area contributed by atoms with E-state index < -0.39 is 26.6 Å². The molecule has 0 atom stereocenters. The Morgan fingerprint density at radius 2 is 2.10 bits per heavy atom. The Bertz CT molecular complexity index is 701. The summed E-state index contributed by atoms with van der Waals surface area (Å²) < 4.78 is 54.3. The molecule has 6 nitrogen and oxygen atoms in total. The molecule has 9 heteroatoms. The van der Waals surface area contributed by atoms with Gasteiger partial charge >= 0.3 is 0 Å². The molecular weight excluding hydrogens is 290 g/mol. The maximum absolute atomic E-state index is 13.5. The fraction of sp³-hybridized carbons (Fsp3) is 0.182. The van der Waals surface area contributed by atoms with Crippen molar-refractivity contribution in [2.75, 3.05) is 12.3 Å². The number of benzene rings is 1. The number of imidazole rings is 1. The lowest BCUT2D eigenvalue weighted by atomic mass is 10.3. The molecule has 0 aliphatic heterocycles. The van der Waals surface area contributed by atoms with Crippen LogP contribution in [-0.4, -0.2) is 24.5 Å². The number of nitrogens with zero attached hydrogens (tertiary/aromatic N) is 2. The highest BCUT2D eigenvalue weighted by molar-refractivity contribution is 7.89. The van der Waals surface area contributed by atoms with Gasteiger partial charge in [0, 0.05) is 31.2 Å². The predicted molar refractivity (Wildman–Crippen MR) is 68.2 cm³/mol. The first-order valence-corrected chi connectivity index (χ1v) is 7.08. The lowest BCUT2D eigenvalue weighted by Gasteiger charge is -2.09. The van der Waals surface area contributed by atoms with Gasteiger partial charge < -0.3 is 10.3 Å². The van der Waals surface area contributed by atoms with Gasteiger partial charge in [0.25, 0.3) is 0 Å². The van der Waals surface area contributed by atoms with Crippen molar-refractivity contribution in [1.29, 1.82) is 0 Å². The van der Waals surface area contributed by atoms with E-state index in [4.69, 9.17) is 5.73 Å². The summed E-state index contributed by atoms with van der Waals surface area (Å²) in [7, 11) is -4.17. The number of aromatic nitrogens is 2. The number of nitrogens with two attached hydrogens (primary N) is 1. The zero-order chi connectivity index (χ0) is 14.8. The molecule has 0 bridgehead atoms. The first-order chi connectivity index (χ1) is 9.40. The van der Waals surface area contributed by atoms with E-state index >= 15 is 0 Å². The summed E-state index contributed by atoms with van der Waals surface area (Å²) in [5, 5.41) is 0. The van der Waals surface area contributed by atoms with Crippen LogP contribution in [0.1, 0.15) is 0 Å². The molecule has 0 fully saturated rings. The van der Waals surface area contributed by atoms with Gasteiger partial charge in [0.2, 0.25) is 10.0 Å². The van der Waals surface area contributed by atoms with Gasteiger partial charge in [-0.1, -0.05) is 0 Å². The van der Waals surface area contributed by atoms with Crippen molar-refractivity contribution >= 4 is 15.7 Å². The van der Waals surface area contributed by atoms with Crippen molar-refractivity contribution in [2.24, 2.45) is 0 Å². The summed E-state index contributed by atoms with van der Waals surface area (Å²) in [6.45, 7) is 0.320. The normalized spacial score (nSPS) is 11.7. The Kier molecular flexibility index (Phi) is 4.00. The Balaban J connectivity index is 2.14. The van der Waals surface area contributed by atoms with Crippen LogP contribution in [0.5, 0.6) is 0 Å². The van der Waals surface area contributed by atoms with E-state index in [9.17, 15) is 17.2 Å². The molecule has 0 saturated carbocycles. The average molecular weight is 302 g/mol. The van der Waals surface area contributed by atoms with E-state index in [-0.39, 0.29) is 12.2 Å². The predicted octanol–water partition coefficient (Wildman–Crippen LogP) is 0.722. The SMILES string of the molecule is Nc1cc(F)c(F)c(S(=O)(=O)NCCn2ccnc2)c1. The molecular formula is C11H12F2N4O2S. The Labute approximate surface area is 114 Å². The molecule has 0 unspecified atom stereocenters. The highest BCUT2D eigenvalue weighted by Gasteiger charge is 2.22. The zero-order valence-electron chi connectivity index (χ0n) is 10.3. The number of hydrogen-bond donors (Lipinski definition) is 2. The van der Waals surface area contributed by atoms with Crippen LogP contribution in [-0.2, 0) is 16.6 Å². The molecule has 108 valence electrons. The number of nitrogens with one attached hydrogen (secondary N) is 1. The number of hydrogen-bond acceptors (Lipinski definition) is 4. The largest absolute Gasteiger partial charge is 0.399 e. The minimum Gasteiger partial charge on any atom is -0.399 e. The summed E-state index contributed by atoms with van der Waals surface area (Å²) in [4.78, 5) is 2.99. The van der Waals surface area contributed by atoms with Gasteiger partial charge in [-0.15, -0.1) is 0 Å². The minimum atomic E-state index is -4.17. The van der Waals surface area contributed by atoms with Gasteiger partial charge in [-0.05, 0) is 12.1 Å². The van der Waals surface area contributed by atoms with Gasteiger partial charge in [-0.2, -0.15) is 0 Å². The molecule has 0 spiro atoms. The Morgan fingerprint density at radius 3 is 2.75 bits per heavy atom. The van der Waals surface area contributed by atoms with Crippen LogP contribution < -0.4 is 10.5 Å². The van der Waals surface area contributed by atoms with Crippen LogP contribution >= 0.6 is 0 Å². The third-order valence-electron chi connectivity index (χ3n) is 2.53. The summed E-state index contributed by atoms with van der Waals surface area (Å²) >= 11 is 0. The van der Waals surface area contributed by atoms with Crippen LogP contribution in [0.4, 0.5) is 14.5 Å². The average Bonchev–Trinajstić information content (AvgIpc) is 2.86. The summed E-state index contributed by atoms with van der Waals surface area (Å²) in [5.41, 5.74) is 5.15. The molecule has 2 rings (SSSR count). The van der Waals surface area contributed by atoms with Crippen LogP contribution in [0.2, 0.25) is 0 Å². The number of nitrogen functional groups attached to an aromatic ring is 1. The maximum Gasteiger partial charge on any atom is 0.243 e. The molecule has 1 heterocycles. The third kappa shape index (κ3) is 3.11. The van der Waals surface area contributed by atoms with E-state index in [1.165, 1.54) is 6.33 Å². The summed E-state index contributed by atoms with van der Waals surface area (Å²) in [6, 6.07) is 1.60. The van der Waals surface area contributed by atoms with Crippen LogP contribution in [0.3, 0.4) is 0 Å². The second-order valence-electron chi connectivity index (χ2n) is 4.01. The fourth-order valence-electron chi connectivity index (χ4n) is 1.59. The smallest absolute Gasteiger partial charge is 0.243 e. The topological polar surface area (TPSA) is 90.0 Å². The molecule has 0 aliphatic rings. The number of halogens is 2. The first-order valence-electron chi connectivity index (χ1n) is 5.60. The van der Waals surface area contributed by atoms with Gasteiger partial charge in [0.1, 0.15) is 4.90 Å². The van der Waals surface area contributed by atoms with Crippen molar-refractivity contribution in [3.8, 4) is 0 Å². The molecule has 0 amide bonds. The number of anilines is 1. The van der Waals surface area contributed by atoms with E-state index in [1.807, 2.05) is 0 Å². The van der Waals surface area contributed by atoms with Gasteiger partial charge in [-0.3, -0.25) is 0 Å². The standard InChI is InChI=1S/C11H12F2N4O2S/c12-9-5-8(14)6-10(11(9)13)20(18,19)16-2-4-17-3-1-15-7-17/h1,3,5-7,16H,2,4,14H2. The fourth-order valence-corrected chi connectivity index (χ4v) is 2.73. The van der Waals surface area contributed by atoms with Crippen molar-refractivity contribution in [3.05, 3.63) is 42.5 Å². The van der Waals surface area contributed by atoms with E-state index in [0.29, 0.717) is 6.54 Å².